The van der Waals surface area contributed by atoms with Gasteiger partial charge in [0.25, 0.3) is 0 Å². The van der Waals surface area contributed by atoms with E-state index < -0.39 is 0 Å². The molecule has 0 N–H and O–H groups in total. The van der Waals surface area contributed by atoms with Gasteiger partial charge in [-0.1, -0.05) is 25.4 Å². The summed E-state index contributed by atoms with van der Waals surface area (Å²) < 4.78 is 7.27. The molecule has 1 heterocycles. The van der Waals surface area contributed by atoms with Crippen molar-refractivity contribution in [3.8, 4) is 0 Å². The highest BCUT2D eigenvalue weighted by Crippen LogP contribution is 2.27. The van der Waals surface area contributed by atoms with E-state index in [4.69, 9.17) is 16.3 Å². The van der Waals surface area contributed by atoms with Crippen molar-refractivity contribution in [1.29, 1.82) is 0 Å². The predicted octanol–water partition coefficient (Wildman–Crippen LogP) is 4.16. The van der Waals surface area contributed by atoms with Gasteiger partial charge in [-0.25, -0.2) is 4.98 Å². The highest BCUT2D eigenvalue weighted by atomic mass is 35.5. The zero-order valence-corrected chi connectivity index (χ0v) is 13.5. The standard InChI is InChI=1S/C16H21ClN2O2/c1-4-9-19-14-10-11(17)7-8-13(14)18-15(19)12(5-2)16(20)21-6-3/h7-8,10,12H,4-6,9H2,1-3H3. The number of halogens is 1. The van der Waals surface area contributed by atoms with E-state index in [1.807, 2.05) is 32.0 Å². The summed E-state index contributed by atoms with van der Waals surface area (Å²) in [5.41, 5.74) is 1.84. The SMILES string of the molecule is CCCn1c(C(CC)C(=O)OCC)nc2ccc(Cl)cc21. The maximum atomic E-state index is 12.2. The first kappa shape index (κ1) is 15.8. The first-order valence-electron chi connectivity index (χ1n) is 7.44. The van der Waals surface area contributed by atoms with E-state index >= 15 is 0 Å². The zero-order chi connectivity index (χ0) is 15.4. The van der Waals surface area contributed by atoms with Crippen LogP contribution in [0.25, 0.3) is 11.0 Å². The molecular weight excluding hydrogens is 288 g/mol. The van der Waals surface area contributed by atoms with Gasteiger partial charge in [-0.3, -0.25) is 4.79 Å². The van der Waals surface area contributed by atoms with Crippen molar-refractivity contribution < 1.29 is 9.53 Å². The van der Waals surface area contributed by atoms with Gasteiger partial charge in [0.2, 0.25) is 0 Å². The van der Waals surface area contributed by atoms with Crippen LogP contribution in [-0.4, -0.2) is 22.1 Å². The lowest BCUT2D eigenvalue weighted by atomic mass is 10.1. The normalized spacial score (nSPS) is 12.6. The van der Waals surface area contributed by atoms with Gasteiger partial charge in [0.15, 0.2) is 0 Å². The number of carbonyl (C=O) groups excluding carboxylic acids is 1. The molecule has 2 rings (SSSR count). The lowest BCUT2D eigenvalue weighted by Crippen LogP contribution is -2.19. The van der Waals surface area contributed by atoms with Gasteiger partial charge in [0.1, 0.15) is 11.7 Å². The smallest absolute Gasteiger partial charge is 0.316 e. The maximum Gasteiger partial charge on any atom is 0.316 e. The molecule has 4 nitrogen and oxygen atoms in total. The lowest BCUT2D eigenvalue weighted by Gasteiger charge is -2.15. The molecule has 0 saturated carbocycles. The van der Waals surface area contributed by atoms with Crippen LogP contribution in [-0.2, 0) is 16.1 Å². The van der Waals surface area contributed by atoms with E-state index in [9.17, 15) is 4.79 Å². The third-order valence-electron chi connectivity index (χ3n) is 3.48. The first-order chi connectivity index (χ1) is 10.1. The number of aromatic nitrogens is 2. The van der Waals surface area contributed by atoms with Crippen LogP contribution >= 0.6 is 11.6 Å². The Kier molecular flexibility index (Phi) is 5.23. The van der Waals surface area contributed by atoms with E-state index in [-0.39, 0.29) is 11.9 Å². The molecule has 1 aromatic heterocycles. The summed E-state index contributed by atoms with van der Waals surface area (Å²) in [6.45, 7) is 7.09. The van der Waals surface area contributed by atoms with Gasteiger partial charge in [-0.15, -0.1) is 0 Å². The molecule has 0 spiro atoms. The summed E-state index contributed by atoms with van der Waals surface area (Å²) >= 11 is 6.09. The molecule has 0 bridgehead atoms. The molecule has 21 heavy (non-hydrogen) atoms. The van der Waals surface area contributed by atoms with Gasteiger partial charge < -0.3 is 9.30 Å². The van der Waals surface area contributed by atoms with Crippen LogP contribution in [0.2, 0.25) is 5.02 Å². The Labute approximate surface area is 130 Å². The number of hydrogen-bond donors (Lipinski definition) is 0. The quantitative estimate of drug-likeness (QED) is 0.753. The van der Waals surface area contributed by atoms with E-state index in [2.05, 4.69) is 16.5 Å². The molecule has 114 valence electrons. The van der Waals surface area contributed by atoms with Crippen LogP contribution in [0, 0.1) is 0 Å². The highest BCUT2D eigenvalue weighted by molar-refractivity contribution is 6.31. The molecule has 1 unspecified atom stereocenters. The lowest BCUT2D eigenvalue weighted by molar-refractivity contribution is -0.145. The van der Waals surface area contributed by atoms with E-state index in [0.717, 1.165) is 29.8 Å². The third kappa shape index (κ3) is 3.21. The number of carbonyl (C=O) groups is 1. The number of hydrogen-bond acceptors (Lipinski definition) is 3. The summed E-state index contributed by atoms with van der Waals surface area (Å²) in [4.78, 5) is 16.8. The first-order valence-corrected chi connectivity index (χ1v) is 7.82. The minimum Gasteiger partial charge on any atom is -0.465 e. The van der Waals surface area contributed by atoms with Crippen LogP contribution < -0.4 is 0 Å². The average molecular weight is 309 g/mol. The van der Waals surface area contributed by atoms with Crippen molar-refractivity contribution in [2.24, 2.45) is 0 Å². The van der Waals surface area contributed by atoms with Gasteiger partial charge in [-0.2, -0.15) is 0 Å². The molecule has 5 heteroatoms. The monoisotopic (exact) mass is 308 g/mol. The van der Waals surface area contributed by atoms with Crippen LogP contribution in [0.3, 0.4) is 0 Å². The average Bonchev–Trinajstić information content (AvgIpc) is 2.79. The molecule has 0 aliphatic carbocycles. The van der Waals surface area contributed by atoms with Crippen molar-refractivity contribution in [2.75, 3.05) is 6.61 Å². The Morgan fingerprint density at radius 3 is 2.76 bits per heavy atom. The van der Waals surface area contributed by atoms with Crippen molar-refractivity contribution in [3.63, 3.8) is 0 Å². The van der Waals surface area contributed by atoms with Crippen molar-refractivity contribution in [3.05, 3.63) is 29.0 Å². The van der Waals surface area contributed by atoms with Crippen LogP contribution in [0.5, 0.6) is 0 Å². The Balaban J connectivity index is 2.55. The number of rotatable bonds is 6. The molecule has 1 aromatic carbocycles. The maximum absolute atomic E-state index is 12.2. The number of benzene rings is 1. The Morgan fingerprint density at radius 2 is 2.14 bits per heavy atom. The number of ether oxygens (including phenoxy) is 1. The second kappa shape index (κ2) is 6.94. The fraction of sp³-hybridized carbons (Fsp3) is 0.500. The molecule has 0 radical (unpaired) electrons. The van der Waals surface area contributed by atoms with Gasteiger partial charge in [-0.05, 0) is 38.0 Å². The summed E-state index contributed by atoms with van der Waals surface area (Å²) in [5, 5.41) is 0.676. The number of nitrogens with zero attached hydrogens (tertiary/aromatic N) is 2. The minimum absolute atomic E-state index is 0.209. The van der Waals surface area contributed by atoms with E-state index in [0.29, 0.717) is 18.1 Å². The largest absolute Gasteiger partial charge is 0.465 e. The van der Waals surface area contributed by atoms with Crippen LogP contribution in [0.15, 0.2) is 18.2 Å². The summed E-state index contributed by atoms with van der Waals surface area (Å²) in [6, 6.07) is 5.62. The second-order valence-corrected chi connectivity index (χ2v) is 5.40. The highest BCUT2D eigenvalue weighted by Gasteiger charge is 2.26. The number of aryl methyl sites for hydroxylation is 1. The molecule has 2 aromatic rings. The Hall–Kier alpha value is -1.55. The third-order valence-corrected chi connectivity index (χ3v) is 3.71. The second-order valence-electron chi connectivity index (χ2n) is 4.97. The molecule has 1 atom stereocenters. The molecule has 0 amide bonds. The van der Waals surface area contributed by atoms with Crippen LogP contribution in [0.4, 0.5) is 0 Å². The fourth-order valence-electron chi connectivity index (χ4n) is 2.54. The van der Waals surface area contributed by atoms with Crippen LogP contribution in [0.1, 0.15) is 45.4 Å². The molecule has 0 saturated heterocycles. The summed E-state index contributed by atoms with van der Waals surface area (Å²) in [6.07, 6.45) is 1.63. The van der Waals surface area contributed by atoms with E-state index in [1.165, 1.54) is 0 Å². The van der Waals surface area contributed by atoms with Crippen molar-refractivity contribution in [2.45, 2.75) is 46.1 Å². The molecule has 0 aliphatic heterocycles. The summed E-state index contributed by atoms with van der Waals surface area (Å²) in [5.74, 6) is 0.233. The number of fused-ring (bicyclic) bond motifs is 1. The molecular formula is C16H21ClN2O2. The van der Waals surface area contributed by atoms with Gasteiger partial charge in [0.05, 0.1) is 17.6 Å². The Bertz CT molecular complexity index is 636. The van der Waals surface area contributed by atoms with Crippen molar-refractivity contribution in [1.82, 2.24) is 9.55 Å². The minimum atomic E-state index is -0.331. The van der Waals surface area contributed by atoms with Gasteiger partial charge in [0, 0.05) is 11.6 Å². The van der Waals surface area contributed by atoms with E-state index in [1.54, 1.807) is 0 Å². The number of imidazole rings is 1. The topological polar surface area (TPSA) is 44.1 Å². The zero-order valence-electron chi connectivity index (χ0n) is 12.7. The number of esters is 1. The predicted molar refractivity (Wildman–Crippen MR) is 84.7 cm³/mol. The fourth-order valence-corrected chi connectivity index (χ4v) is 2.70. The Morgan fingerprint density at radius 1 is 1.38 bits per heavy atom. The van der Waals surface area contributed by atoms with Crippen molar-refractivity contribution >= 4 is 28.6 Å². The van der Waals surface area contributed by atoms with Gasteiger partial charge >= 0.3 is 5.97 Å². The summed E-state index contributed by atoms with van der Waals surface area (Å²) in [7, 11) is 0. The molecule has 0 fully saturated rings. The molecule has 0 aliphatic rings.